The summed E-state index contributed by atoms with van der Waals surface area (Å²) in [7, 11) is 0. The molecule has 0 spiro atoms. The monoisotopic (exact) mass is 313 g/mol. The van der Waals surface area contributed by atoms with Gasteiger partial charge in [0.05, 0.1) is 25.2 Å². The molecule has 0 aliphatic carbocycles. The van der Waals surface area contributed by atoms with Gasteiger partial charge in [-0.15, -0.1) is 0 Å². The standard InChI is InChI=1S/C18H19NO4/c20-12-16-17(21)10-18(22)19(16)11-13-6-8-15(9-7-13)23-14-4-2-1-3-5-14/h1-9,16-17,20-21H,10-12H2/t16-,17-/m0/s1. The van der Waals surface area contributed by atoms with Gasteiger partial charge in [-0.25, -0.2) is 0 Å². The van der Waals surface area contributed by atoms with Crippen LogP contribution in [-0.2, 0) is 11.3 Å². The predicted molar refractivity (Wildman–Crippen MR) is 85.0 cm³/mol. The second kappa shape index (κ2) is 6.81. The molecule has 1 amide bonds. The van der Waals surface area contributed by atoms with Crippen LogP contribution < -0.4 is 4.74 Å². The maximum Gasteiger partial charge on any atom is 0.225 e. The first-order valence-electron chi connectivity index (χ1n) is 7.57. The minimum absolute atomic E-state index is 0.0699. The van der Waals surface area contributed by atoms with Crippen LogP contribution in [0.5, 0.6) is 11.5 Å². The van der Waals surface area contributed by atoms with Crippen molar-refractivity contribution in [3.8, 4) is 11.5 Å². The number of carbonyl (C=O) groups is 1. The van der Waals surface area contributed by atoms with Crippen molar-refractivity contribution in [3.05, 3.63) is 60.2 Å². The molecule has 1 aliphatic heterocycles. The van der Waals surface area contributed by atoms with E-state index in [0.29, 0.717) is 12.3 Å². The van der Waals surface area contributed by atoms with Gasteiger partial charge < -0.3 is 19.8 Å². The number of hydrogen-bond acceptors (Lipinski definition) is 4. The van der Waals surface area contributed by atoms with Gasteiger partial charge in [0.15, 0.2) is 0 Å². The lowest BCUT2D eigenvalue weighted by atomic mass is 10.1. The molecule has 2 N–H and O–H groups in total. The van der Waals surface area contributed by atoms with Crippen LogP contribution in [0.15, 0.2) is 54.6 Å². The summed E-state index contributed by atoms with van der Waals surface area (Å²) in [4.78, 5) is 13.4. The summed E-state index contributed by atoms with van der Waals surface area (Å²) in [5.74, 6) is 1.34. The Morgan fingerprint density at radius 3 is 2.35 bits per heavy atom. The quantitative estimate of drug-likeness (QED) is 0.885. The highest BCUT2D eigenvalue weighted by Gasteiger charge is 2.37. The second-order valence-corrected chi connectivity index (χ2v) is 5.60. The molecule has 0 saturated carbocycles. The molecule has 0 radical (unpaired) electrons. The molecule has 0 bridgehead atoms. The van der Waals surface area contributed by atoms with Crippen LogP contribution in [0.4, 0.5) is 0 Å². The van der Waals surface area contributed by atoms with Crippen molar-refractivity contribution in [3.63, 3.8) is 0 Å². The van der Waals surface area contributed by atoms with E-state index in [1.54, 1.807) is 0 Å². The van der Waals surface area contributed by atoms with Gasteiger partial charge >= 0.3 is 0 Å². The Balaban J connectivity index is 1.67. The number of hydrogen-bond donors (Lipinski definition) is 2. The number of carbonyl (C=O) groups excluding carboxylic acids is 1. The molecule has 2 atom stereocenters. The van der Waals surface area contributed by atoms with E-state index in [9.17, 15) is 15.0 Å². The molecule has 1 fully saturated rings. The zero-order valence-corrected chi connectivity index (χ0v) is 12.6. The zero-order valence-electron chi connectivity index (χ0n) is 12.6. The highest BCUT2D eigenvalue weighted by atomic mass is 16.5. The minimum Gasteiger partial charge on any atom is -0.457 e. The first-order chi connectivity index (χ1) is 11.2. The number of aliphatic hydroxyl groups is 2. The molecule has 23 heavy (non-hydrogen) atoms. The van der Waals surface area contributed by atoms with Gasteiger partial charge in [0.25, 0.3) is 0 Å². The molecule has 0 aromatic heterocycles. The molecule has 3 rings (SSSR count). The maximum atomic E-state index is 11.9. The van der Waals surface area contributed by atoms with Gasteiger partial charge in [0.1, 0.15) is 11.5 Å². The first-order valence-corrected chi connectivity index (χ1v) is 7.57. The van der Waals surface area contributed by atoms with E-state index in [4.69, 9.17) is 4.74 Å². The fourth-order valence-electron chi connectivity index (χ4n) is 2.73. The molecule has 5 nitrogen and oxygen atoms in total. The van der Waals surface area contributed by atoms with Crippen molar-refractivity contribution in [1.29, 1.82) is 0 Å². The average molecular weight is 313 g/mol. The van der Waals surface area contributed by atoms with E-state index >= 15 is 0 Å². The van der Waals surface area contributed by atoms with Crippen LogP contribution in [0, 0.1) is 0 Å². The summed E-state index contributed by atoms with van der Waals surface area (Å²) < 4.78 is 5.72. The number of benzene rings is 2. The molecule has 0 unspecified atom stereocenters. The van der Waals surface area contributed by atoms with Crippen molar-refractivity contribution in [2.45, 2.75) is 25.1 Å². The van der Waals surface area contributed by atoms with Crippen LogP contribution in [-0.4, -0.2) is 39.8 Å². The SMILES string of the molecule is O=C1C[C@H](O)[C@H](CO)N1Cc1ccc(Oc2ccccc2)cc1. The number of aliphatic hydroxyl groups excluding tert-OH is 2. The number of ether oxygens (including phenoxy) is 1. The Bertz CT molecular complexity index is 656. The normalized spacial score (nSPS) is 20.8. The fourth-order valence-corrected chi connectivity index (χ4v) is 2.73. The van der Waals surface area contributed by atoms with Crippen LogP contribution in [0.1, 0.15) is 12.0 Å². The maximum absolute atomic E-state index is 11.9. The molecule has 120 valence electrons. The van der Waals surface area contributed by atoms with Crippen LogP contribution in [0.25, 0.3) is 0 Å². The molecule has 2 aromatic carbocycles. The summed E-state index contributed by atoms with van der Waals surface area (Å²) in [6.45, 7) is 0.134. The van der Waals surface area contributed by atoms with Crippen molar-refractivity contribution >= 4 is 5.91 Å². The Labute approximate surface area is 134 Å². The van der Waals surface area contributed by atoms with Gasteiger partial charge in [0, 0.05) is 6.54 Å². The Kier molecular flexibility index (Phi) is 4.60. The third kappa shape index (κ3) is 3.52. The summed E-state index contributed by atoms with van der Waals surface area (Å²) in [5, 5.41) is 19.1. The van der Waals surface area contributed by atoms with Crippen LogP contribution in [0.2, 0.25) is 0 Å². The van der Waals surface area contributed by atoms with Gasteiger partial charge in [-0.05, 0) is 29.8 Å². The number of para-hydroxylation sites is 1. The molecule has 1 heterocycles. The van der Waals surface area contributed by atoms with E-state index in [1.807, 2.05) is 54.6 Å². The Hall–Kier alpha value is -2.37. The van der Waals surface area contributed by atoms with Gasteiger partial charge in [-0.2, -0.15) is 0 Å². The lowest BCUT2D eigenvalue weighted by Crippen LogP contribution is -2.39. The summed E-state index contributed by atoms with van der Waals surface area (Å²) in [6, 6.07) is 16.4. The number of nitrogens with zero attached hydrogens (tertiary/aromatic N) is 1. The molecular formula is C18H19NO4. The van der Waals surface area contributed by atoms with Crippen molar-refractivity contribution in [2.24, 2.45) is 0 Å². The summed E-state index contributed by atoms with van der Waals surface area (Å²) >= 11 is 0. The molecule has 2 aromatic rings. The highest BCUT2D eigenvalue weighted by Crippen LogP contribution is 2.24. The van der Waals surface area contributed by atoms with E-state index in [1.165, 1.54) is 4.90 Å². The summed E-state index contributed by atoms with van der Waals surface area (Å²) in [5.41, 5.74) is 0.923. The van der Waals surface area contributed by atoms with E-state index in [-0.39, 0.29) is 18.9 Å². The zero-order chi connectivity index (χ0) is 16.2. The third-order valence-electron chi connectivity index (χ3n) is 3.99. The predicted octanol–water partition coefficient (Wildman–Crippen LogP) is 1.93. The van der Waals surface area contributed by atoms with E-state index < -0.39 is 12.1 Å². The lowest BCUT2D eigenvalue weighted by Gasteiger charge is -2.24. The van der Waals surface area contributed by atoms with Crippen LogP contribution >= 0.6 is 0 Å². The summed E-state index contributed by atoms with van der Waals surface area (Å²) in [6.07, 6.45) is -0.728. The van der Waals surface area contributed by atoms with Crippen molar-refractivity contribution in [1.82, 2.24) is 4.90 Å². The third-order valence-corrected chi connectivity index (χ3v) is 3.99. The number of amides is 1. The van der Waals surface area contributed by atoms with Gasteiger partial charge in [0.2, 0.25) is 5.91 Å². The molecule has 1 saturated heterocycles. The van der Waals surface area contributed by atoms with Gasteiger partial charge in [-0.1, -0.05) is 30.3 Å². The van der Waals surface area contributed by atoms with E-state index in [0.717, 1.165) is 11.3 Å². The number of likely N-dealkylation sites (tertiary alicyclic amines) is 1. The second-order valence-electron chi connectivity index (χ2n) is 5.60. The van der Waals surface area contributed by atoms with Crippen molar-refractivity contribution < 1.29 is 19.7 Å². The number of rotatable bonds is 5. The molecular weight excluding hydrogens is 294 g/mol. The van der Waals surface area contributed by atoms with E-state index in [2.05, 4.69) is 0 Å². The van der Waals surface area contributed by atoms with Gasteiger partial charge in [-0.3, -0.25) is 4.79 Å². The fraction of sp³-hybridized carbons (Fsp3) is 0.278. The smallest absolute Gasteiger partial charge is 0.225 e. The highest BCUT2D eigenvalue weighted by molar-refractivity contribution is 5.79. The average Bonchev–Trinajstić information content (AvgIpc) is 2.83. The molecule has 1 aliphatic rings. The topological polar surface area (TPSA) is 70.0 Å². The Morgan fingerprint density at radius 2 is 1.70 bits per heavy atom. The largest absolute Gasteiger partial charge is 0.457 e. The Morgan fingerprint density at radius 1 is 1.04 bits per heavy atom. The first kappa shape index (κ1) is 15.5. The lowest BCUT2D eigenvalue weighted by molar-refractivity contribution is -0.130. The minimum atomic E-state index is -0.798. The van der Waals surface area contributed by atoms with Crippen LogP contribution in [0.3, 0.4) is 0 Å². The van der Waals surface area contributed by atoms with Crippen molar-refractivity contribution in [2.75, 3.05) is 6.61 Å². The molecule has 5 heteroatoms.